The van der Waals surface area contributed by atoms with E-state index in [9.17, 15) is 4.79 Å². The van der Waals surface area contributed by atoms with Crippen LogP contribution in [-0.4, -0.2) is 30.4 Å². The molecule has 0 spiro atoms. The summed E-state index contributed by atoms with van der Waals surface area (Å²) < 4.78 is 0. The Bertz CT molecular complexity index is 473. The minimum absolute atomic E-state index is 0.0111. The van der Waals surface area contributed by atoms with Crippen molar-refractivity contribution in [3.63, 3.8) is 0 Å². The minimum Gasteiger partial charge on any atom is -0.344 e. The number of carbonyl (C=O) groups is 1. The number of hydrogen-bond donors (Lipinski definition) is 1. The molecule has 100 valence electrons. The van der Waals surface area contributed by atoms with Gasteiger partial charge in [0.2, 0.25) is 5.91 Å². The third-order valence-corrected chi connectivity index (χ3v) is 3.56. The van der Waals surface area contributed by atoms with Crippen LogP contribution in [0, 0.1) is 19.3 Å². The summed E-state index contributed by atoms with van der Waals surface area (Å²) in [5.41, 5.74) is 2.56. The predicted octanol–water partition coefficient (Wildman–Crippen LogP) is 1.88. The fraction of sp³-hybridized carbons (Fsp3) is 0.438. The number of benzene rings is 1. The van der Waals surface area contributed by atoms with Crippen LogP contribution < -0.4 is 5.32 Å². The van der Waals surface area contributed by atoms with E-state index >= 15 is 0 Å². The Balaban J connectivity index is 1.99. The van der Waals surface area contributed by atoms with Crippen LogP contribution in [0.5, 0.6) is 0 Å². The molecular weight excluding hydrogens is 236 g/mol. The van der Waals surface area contributed by atoms with Crippen LogP contribution in [0.25, 0.3) is 0 Å². The standard InChI is InChI=1S/C16H20N2O/c1-3-10-17-16(19)12-18-11-4-5-15(18)14-8-6-13(2)7-9-14/h1,6-9,15H,4-5,10-12H2,2H3,(H,17,19)/t15-/m1/s1. The van der Waals surface area contributed by atoms with Crippen LogP contribution in [0.2, 0.25) is 0 Å². The zero-order chi connectivity index (χ0) is 13.7. The molecule has 1 amide bonds. The Morgan fingerprint density at radius 1 is 1.47 bits per heavy atom. The first-order chi connectivity index (χ1) is 9.20. The van der Waals surface area contributed by atoms with E-state index in [-0.39, 0.29) is 5.91 Å². The quantitative estimate of drug-likeness (QED) is 0.834. The van der Waals surface area contributed by atoms with E-state index in [1.807, 2.05) is 0 Å². The number of likely N-dealkylation sites (tertiary alicyclic amines) is 1. The number of hydrogen-bond acceptors (Lipinski definition) is 2. The Kier molecular flexibility index (Phi) is 4.59. The van der Waals surface area contributed by atoms with Crippen LogP contribution in [-0.2, 0) is 4.79 Å². The van der Waals surface area contributed by atoms with Gasteiger partial charge in [-0.3, -0.25) is 9.69 Å². The molecule has 2 rings (SSSR count). The lowest BCUT2D eigenvalue weighted by Gasteiger charge is -2.24. The average molecular weight is 256 g/mol. The lowest BCUT2D eigenvalue weighted by atomic mass is 10.0. The topological polar surface area (TPSA) is 32.3 Å². The van der Waals surface area contributed by atoms with Crippen molar-refractivity contribution >= 4 is 5.91 Å². The Labute approximate surface area is 115 Å². The highest BCUT2D eigenvalue weighted by atomic mass is 16.2. The number of nitrogens with zero attached hydrogens (tertiary/aromatic N) is 1. The zero-order valence-electron chi connectivity index (χ0n) is 11.4. The molecule has 3 heteroatoms. The molecule has 0 radical (unpaired) electrons. The summed E-state index contributed by atoms with van der Waals surface area (Å²) in [5, 5.41) is 2.72. The number of amides is 1. The fourth-order valence-corrected chi connectivity index (χ4v) is 2.57. The lowest BCUT2D eigenvalue weighted by Crippen LogP contribution is -2.37. The first-order valence-electron chi connectivity index (χ1n) is 6.71. The molecular formula is C16H20N2O. The molecule has 1 aromatic carbocycles. The van der Waals surface area contributed by atoms with Gasteiger partial charge in [-0.2, -0.15) is 0 Å². The molecule has 19 heavy (non-hydrogen) atoms. The van der Waals surface area contributed by atoms with E-state index in [2.05, 4.69) is 47.3 Å². The maximum absolute atomic E-state index is 11.7. The molecule has 1 saturated heterocycles. The highest BCUT2D eigenvalue weighted by Gasteiger charge is 2.27. The third kappa shape index (κ3) is 3.59. The normalized spacial score (nSPS) is 19.1. The summed E-state index contributed by atoms with van der Waals surface area (Å²) in [5.74, 6) is 2.43. The SMILES string of the molecule is C#CCNC(=O)CN1CCC[C@@H]1c1ccc(C)cc1. The molecule has 0 aliphatic carbocycles. The van der Waals surface area contributed by atoms with E-state index in [4.69, 9.17) is 6.42 Å². The van der Waals surface area contributed by atoms with E-state index in [1.54, 1.807) is 0 Å². The molecule has 1 fully saturated rings. The van der Waals surface area contributed by atoms with Crippen LogP contribution in [0.1, 0.15) is 30.0 Å². The smallest absolute Gasteiger partial charge is 0.234 e. The Morgan fingerprint density at radius 2 is 2.21 bits per heavy atom. The maximum Gasteiger partial charge on any atom is 0.234 e. The molecule has 3 nitrogen and oxygen atoms in total. The highest BCUT2D eigenvalue weighted by Crippen LogP contribution is 2.31. The van der Waals surface area contributed by atoms with Gasteiger partial charge in [-0.25, -0.2) is 0 Å². The van der Waals surface area contributed by atoms with Crippen LogP contribution >= 0.6 is 0 Å². The van der Waals surface area contributed by atoms with E-state index in [0.717, 1.165) is 19.4 Å². The second-order valence-electron chi connectivity index (χ2n) is 5.02. The number of terminal acetylenes is 1. The van der Waals surface area contributed by atoms with Crippen molar-refractivity contribution in [3.05, 3.63) is 35.4 Å². The summed E-state index contributed by atoms with van der Waals surface area (Å²) in [6.45, 7) is 3.80. The van der Waals surface area contributed by atoms with Gasteiger partial charge in [0.25, 0.3) is 0 Å². The predicted molar refractivity (Wildman–Crippen MR) is 76.6 cm³/mol. The van der Waals surface area contributed by atoms with Gasteiger partial charge in [-0.1, -0.05) is 35.7 Å². The number of aryl methyl sites for hydroxylation is 1. The molecule has 0 unspecified atom stereocenters. The number of nitrogens with one attached hydrogen (secondary N) is 1. The monoisotopic (exact) mass is 256 g/mol. The van der Waals surface area contributed by atoms with E-state index in [0.29, 0.717) is 19.1 Å². The summed E-state index contributed by atoms with van der Waals surface area (Å²) in [6.07, 6.45) is 7.40. The molecule has 1 aliphatic heterocycles. The van der Waals surface area contributed by atoms with Crippen LogP contribution in [0.15, 0.2) is 24.3 Å². The van der Waals surface area contributed by atoms with E-state index < -0.39 is 0 Å². The zero-order valence-corrected chi connectivity index (χ0v) is 11.4. The highest BCUT2D eigenvalue weighted by molar-refractivity contribution is 5.78. The summed E-state index contributed by atoms with van der Waals surface area (Å²) in [4.78, 5) is 14.0. The van der Waals surface area contributed by atoms with Gasteiger partial charge in [0.05, 0.1) is 13.1 Å². The van der Waals surface area contributed by atoms with Gasteiger partial charge in [0.15, 0.2) is 0 Å². The summed E-state index contributed by atoms with van der Waals surface area (Å²) in [6, 6.07) is 8.95. The van der Waals surface area contributed by atoms with Crippen molar-refractivity contribution in [1.29, 1.82) is 0 Å². The van der Waals surface area contributed by atoms with Crippen molar-refractivity contribution in [3.8, 4) is 12.3 Å². The lowest BCUT2D eigenvalue weighted by molar-refractivity contribution is -0.122. The maximum atomic E-state index is 11.7. The van der Waals surface area contributed by atoms with Crippen molar-refractivity contribution in [2.45, 2.75) is 25.8 Å². The summed E-state index contributed by atoms with van der Waals surface area (Å²) >= 11 is 0. The van der Waals surface area contributed by atoms with Gasteiger partial charge >= 0.3 is 0 Å². The molecule has 1 atom stereocenters. The number of carbonyl (C=O) groups excluding carboxylic acids is 1. The third-order valence-electron chi connectivity index (χ3n) is 3.56. The van der Waals surface area contributed by atoms with Gasteiger partial charge < -0.3 is 5.32 Å². The van der Waals surface area contributed by atoms with Crippen molar-refractivity contribution in [1.82, 2.24) is 10.2 Å². The first kappa shape index (κ1) is 13.6. The fourth-order valence-electron chi connectivity index (χ4n) is 2.57. The second-order valence-corrected chi connectivity index (χ2v) is 5.02. The van der Waals surface area contributed by atoms with Gasteiger partial charge in [0, 0.05) is 6.04 Å². The molecule has 0 saturated carbocycles. The Morgan fingerprint density at radius 3 is 2.89 bits per heavy atom. The van der Waals surface area contributed by atoms with Gasteiger partial charge in [-0.15, -0.1) is 6.42 Å². The van der Waals surface area contributed by atoms with Crippen LogP contribution in [0.3, 0.4) is 0 Å². The second kappa shape index (κ2) is 6.40. The van der Waals surface area contributed by atoms with Crippen LogP contribution in [0.4, 0.5) is 0 Å². The van der Waals surface area contributed by atoms with Crippen molar-refractivity contribution in [2.75, 3.05) is 19.6 Å². The van der Waals surface area contributed by atoms with Gasteiger partial charge in [-0.05, 0) is 31.9 Å². The first-order valence-corrected chi connectivity index (χ1v) is 6.71. The molecule has 0 aromatic heterocycles. The van der Waals surface area contributed by atoms with Gasteiger partial charge in [0.1, 0.15) is 0 Å². The summed E-state index contributed by atoms with van der Waals surface area (Å²) in [7, 11) is 0. The molecule has 1 aliphatic rings. The van der Waals surface area contributed by atoms with E-state index in [1.165, 1.54) is 11.1 Å². The molecule has 1 aromatic rings. The largest absolute Gasteiger partial charge is 0.344 e. The molecule has 0 bridgehead atoms. The Hall–Kier alpha value is -1.79. The number of rotatable bonds is 4. The average Bonchev–Trinajstić information content (AvgIpc) is 2.85. The van der Waals surface area contributed by atoms with Crippen molar-refractivity contribution < 1.29 is 4.79 Å². The molecule has 1 N–H and O–H groups in total. The molecule has 1 heterocycles. The van der Waals surface area contributed by atoms with Crippen molar-refractivity contribution in [2.24, 2.45) is 0 Å². The minimum atomic E-state index is 0.0111.